The van der Waals surface area contributed by atoms with Crippen LogP contribution in [0.1, 0.15) is 33.6 Å². The van der Waals surface area contributed by atoms with Gasteiger partial charge in [0.2, 0.25) is 0 Å². The Balaban J connectivity index is 1.94. The molecule has 0 atom stereocenters. The van der Waals surface area contributed by atoms with E-state index in [1.807, 2.05) is 20.8 Å². The molecule has 100 valence electrons. The van der Waals surface area contributed by atoms with Crippen LogP contribution < -0.4 is 0 Å². The van der Waals surface area contributed by atoms with Crippen molar-refractivity contribution in [3.05, 3.63) is 0 Å². The third-order valence-corrected chi connectivity index (χ3v) is 2.28. The number of hydrogen-bond acceptors (Lipinski definition) is 5. The molecule has 0 saturated carbocycles. The van der Waals surface area contributed by atoms with E-state index in [0.29, 0.717) is 6.73 Å². The zero-order valence-electron chi connectivity index (χ0n) is 11.0. The molecule has 1 rings (SSSR count). The predicted molar refractivity (Wildman–Crippen MR) is 63.4 cm³/mol. The molecular formula is C12H23NO4. The molecule has 0 spiro atoms. The van der Waals surface area contributed by atoms with E-state index in [1.54, 1.807) is 0 Å². The summed E-state index contributed by atoms with van der Waals surface area (Å²) in [5, 5.41) is 0. The first-order valence-electron chi connectivity index (χ1n) is 6.07. The number of rotatable bonds is 6. The summed E-state index contributed by atoms with van der Waals surface area (Å²) in [5.74, 6) is -0.359. The Hall–Kier alpha value is -0.650. The summed E-state index contributed by atoms with van der Waals surface area (Å²) in [6.45, 7) is 8.32. The zero-order chi connectivity index (χ0) is 12.7. The van der Waals surface area contributed by atoms with Gasteiger partial charge in [0.25, 0.3) is 0 Å². The van der Waals surface area contributed by atoms with Crippen LogP contribution in [0.3, 0.4) is 0 Å². The average Bonchev–Trinajstić information content (AvgIpc) is 2.67. The minimum Gasteiger partial charge on any atom is -0.458 e. The van der Waals surface area contributed by atoms with Crippen molar-refractivity contribution in [3.8, 4) is 0 Å². The second kappa shape index (κ2) is 6.93. The third-order valence-electron chi connectivity index (χ3n) is 2.28. The lowest BCUT2D eigenvalue weighted by Gasteiger charge is -2.19. The van der Waals surface area contributed by atoms with Crippen molar-refractivity contribution >= 4 is 5.97 Å². The highest BCUT2D eigenvalue weighted by molar-refractivity contribution is 5.71. The lowest BCUT2D eigenvalue weighted by Crippen LogP contribution is -2.27. The van der Waals surface area contributed by atoms with Crippen molar-refractivity contribution in [1.82, 2.24) is 4.90 Å². The second-order valence-electron chi connectivity index (χ2n) is 5.21. The summed E-state index contributed by atoms with van der Waals surface area (Å²) < 4.78 is 15.5. The molecule has 0 unspecified atom stereocenters. The van der Waals surface area contributed by atoms with Gasteiger partial charge in [0.05, 0.1) is 0 Å². The van der Waals surface area contributed by atoms with Crippen LogP contribution >= 0.6 is 0 Å². The van der Waals surface area contributed by atoms with Gasteiger partial charge >= 0.3 is 5.97 Å². The number of ether oxygens (including phenoxy) is 3. The normalized spacial score (nSPS) is 17.4. The number of nitrogens with zero attached hydrogens (tertiary/aromatic N) is 1. The van der Waals surface area contributed by atoms with Gasteiger partial charge in [-0.1, -0.05) is 0 Å². The van der Waals surface area contributed by atoms with E-state index < -0.39 is 5.60 Å². The van der Waals surface area contributed by atoms with E-state index in [9.17, 15) is 4.79 Å². The minimum atomic E-state index is -0.461. The Bertz CT molecular complexity index is 231. The predicted octanol–water partition coefficient (Wildman–Crippen LogP) is 1.37. The Kier molecular flexibility index (Phi) is 5.88. The number of carbonyl (C=O) groups is 1. The summed E-state index contributed by atoms with van der Waals surface area (Å²) in [6.07, 6.45) is 2.48. The molecule has 17 heavy (non-hydrogen) atoms. The zero-order valence-corrected chi connectivity index (χ0v) is 11.0. The smallest absolute Gasteiger partial charge is 0.332 e. The molecule has 0 aromatic carbocycles. The lowest BCUT2D eigenvalue weighted by molar-refractivity contribution is -0.167. The molecule has 1 aliphatic heterocycles. The second-order valence-corrected chi connectivity index (χ2v) is 5.21. The Labute approximate surface area is 103 Å². The topological polar surface area (TPSA) is 48.0 Å². The van der Waals surface area contributed by atoms with Crippen LogP contribution in [0.5, 0.6) is 0 Å². The average molecular weight is 245 g/mol. The van der Waals surface area contributed by atoms with Crippen LogP contribution in [0.15, 0.2) is 0 Å². The molecule has 0 aliphatic carbocycles. The maximum Gasteiger partial charge on any atom is 0.332 e. The maximum absolute atomic E-state index is 11.3. The molecule has 5 heteroatoms. The molecule has 1 aliphatic rings. The molecule has 0 amide bonds. The molecule has 0 N–H and O–H groups in total. The summed E-state index contributed by atoms with van der Waals surface area (Å²) in [6, 6.07) is 0. The molecule has 0 radical (unpaired) electrons. The van der Waals surface area contributed by atoms with Gasteiger partial charge in [0.15, 0.2) is 0 Å². The number of esters is 1. The van der Waals surface area contributed by atoms with Crippen LogP contribution in [-0.4, -0.2) is 49.7 Å². The van der Waals surface area contributed by atoms with Gasteiger partial charge in [-0.25, -0.2) is 4.79 Å². The quantitative estimate of drug-likeness (QED) is 0.402. The van der Waals surface area contributed by atoms with Gasteiger partial charge < -0.3 is 14.2 Å². The van der Waals surface area contributed by atoms with Gasteiger partial charge in [-0.05, 0) is 33.6 Å². The van der Waals surface area contributed by atoms with Gasteiger partial charge in [0, 0.05) is 13.1 Å². The van der Waals surface area contributed by atoms with Crippen molar-refractivity contribution in [2.24, 2.45) is 0 Å². The first-order chi connectivity index (χ1) is 7.97. The van der Waals surface area contributed by atoms with Crippen molar-refractivity contribution in [1.29, 1.82) is 0 Å². The highest BCUT2D eigenvalue weighted by atomic mass is 16.7. The molecule has 0 aromatic rings. The minimum absolute atomic E-state index is 0.0583. The van der Waals surface area contributed by atoms with Gasteiger partial charge in [0.1, 0.15) is 25.7 Å². The number of likely N-dealkylation sites (tertiary alicyclic amines) is 1. The Morgan fingerprint density at radius 1 is 1.18 bits per heavy atom. The maximum atomic E-state index is 11.3. The number of carbonyl (C=O) groups excluding carboxylic acids is 1. The summed E-state index contributed by atoms with van der Waals surface area (Å²) in [5.41, 5.74) is -0.461. The first-order valence-corrected chi connectivity index (χ1v) is 6.07. The number of hydrogen-bond donors (Lipinski definition) is 0. The van der Waals surface area contributed by atoms with Crippen molar-refractivity contribution < 1.29 is 19.0 Å². The first kappa shape index (κ1) is 14.4. The molecule has 5 nitrogen and oxygen atoms in total. The molecule has 1 fully saturated rings. The summed E-state index contributed by atoms with van der Waals surface area (Å²) in [7, 11) is 0. The van der Waals surface area contributed by atoms with E-state index in [1.165, 1.54) is 12.8 Å². The molecule has 0 aromatic heterocycles. The van der Waals surface area contributed by atoms with Crippen LogP contribution in [0.4, 0.5) is 0 Å². The fraction of sp³-hybridized carbons (Fsp3) is 0.917. The molecule has 1 heterocycles. The molecular weight excluding hydrogens is 222 g/mol. The van der Waals surface area contributed by atoms with Crippen molar-refractivity contribution in [3.63, 3.8) is 0 Å². The van der Waals surface area contributed by atoms with Gasteiger partial charge in [-0.15, -0.1) is 0 Å². The van der Waals surface area contributed by atoms with Crippen molar-refractivity contribution in [2.75, 3.05) is 33.2 Å². The van der Waals surface area contributed by atoms with Crippen LogP contribution in [0.2, 0.25) is 0 Å². The molecule has 0 bridgehead atoms. The third kappa shape index (κ3) is 7.31. The van der Waals surface area contributed by atoms with E-state index in [4.69, 9.17) is 14.2 Å². The van der Waals surface area contributed by atoms with E-state index in [-0.39, 0.29) is 19.4 Å². The van der Waals surface area contributed by atoms with Gasteiger partial charge in [-0.2, -0.15) is 0 Å². The fourth-order valence-corrected chi connectivity index (χ4v) is 1.63. The largest absolute Gasteiger partial charge is 0.458 e. The van der Waals surface area contributed by atoms with E-state index >= 15 is 0 Å². The molecule has 1 saturated heterocycles. The SMILES string of the molecule is CC(C)(C)OC(=O)COCOCN1CCCC1. The highest BCUT2D eigenvalue weighted by Gasteiger charge is 2.16. The summed E-state index contributed by atoms with van der Waals surface area (Å²) >= 11 is 0. The van der Waals surface area contributed by atoms with Crippen LogP contribution in [0.25, 0.3) is 0 Å². The Morgan fingerprint density at radius 3 is 2.41 bits per heavy atom. The highest BCUT2D eigenvalue weighted by Crippen LogP contribution is 2.07. The standard InChI is InChI=1S/C12H23NO4/c1-12(2,3)17-11(14)8-15-10-16-9-13-6-4-5-7-13/h4-10H2,1-3H3. The van der Waals surface area contributed by atoms with E-state index in [0.717, 1.165) is 13.1 Å². The lowest BCUT2D eigenvalue weighted by atomic mass is 10.2. The Morgan fingerprint density at radius 2 is 1.82 bits per heavy atom. The van der Waals surface area contributed by atoms with Crippen LogP contribution in [0, 0.1) is 0 Å². The fourth-order valence-electron chi connectivity index (χ4n) is 1.63. The van der Waals surface area contributed by atoms with E-state index in [2.05, 4.69) is 4.90 Å². The van der Waals surface area contributed by atoms with Crippen LogP contribution in [-0.2, 0) is 19.0 Å². The van der Waals surface area contributed by atoms with Crippen molar-refractivity contribution in [2.45, 2.75) is 39.2 Å². The monoisotopic (exact) mass is 245 g/mol. The van der Waals surface area contributed by atoms with Gasteiger partial charge in [-0.3, -0.25) is 4.90 Å². The summed E-state index contributed by atoms with van der Waals surface area (Å²) in [4.78, 5) is 13.5.